The number of hydrogen-bond donors (Lipinski definition) is 3. The smallest absolute Gasteiger partial charge is 0.335 e. The topological polar surface area (TPSA) is 175 Å². The Hall–Kier alpha value is -2.28. The highest BCUT2D eigenvalue weighted by atomic mass is 16.7. The van der Waals surface area contributed by atoms with Gasteiger partial charge in [-0.15, -0.1) is 0 Å². The number of ether oxygens (including phenoxy) is 5. The zero-order valence-corrected chi connectivity index (χ0v) is 50.2. The Morgan fingerprint density at radius 3 is 0.974 bits per heavy atom. The first kappa shape index (κ1) is 72.7. The lowest BCUT2D eigenvalue weighted by molar-refractivity contribution is -0.301. The summed E-state index contributed by atoms with van der Waals surface area (Å²) in [5.74, 6) is -3.06. The maximum atomic E-state index is 13.2. The largest absolute Gasteiger partial charge is 0.479 e. The molecule has 0 radical (unpaired) electrons. The number of esters is 3. The van der Waals surface area contributed by atoms with Crippen LogP contribution < -0.4 is 0 Å². The van der Waals surface area contributed by atoms with Crippen molar-refractivity contribution >= 4 is 23.9 Å². The highest BCUT2D eigenvalue weighted by Crippen LogP contribution is 2.27. The van der Waals surface area contributed by atoms with Gasteiger partial charge >= 0.3 is 23.9 Å². The third-order valence-electron chi connectivity index (χ3n) is 15.7. The molecule has 0 spiro atoms. The van der Waals surface area contributed by atoms with Crippen LogP contribution >= 0.6 is 0 Å². The third kappa shape index (κ3) is 44.1. The van der Waals surface area contributed by atoms with Crippen molar-refractivity contribution in [3.8, 4) is 0 Å². The number of hydrogen-bond acceptors (Lipinski definition) is 11. The summed E-state index contributed by atoms with van der Waals surface area (Å²) in [6.45, 7) is 6.07. The van der Waals surface area contributed by atoms with Gasteiger partial charge in [-0.05, 0) is 19.3 Å². The van der Waals surface area contributed by atoms with Crippen LogP contribution in [0.3, 0.4) is 0 Å². The Labute approximate surface area is 472 Å². The van der Waals surface area contributed by atoms with E-state index < -0.39 is 67.3 Å². The molecule has 12 nitrogen and oxygen atoms in total. The van der Waals surface area contributed by atoms with E-state index >= 15 is 0 Å². The number of aliphatic hydroxyl groups is 2. The molecule has 1 aliphatic heterocycles. The molecule has 1 fully saturated rings. The van der Waals surface area contributed by atoms with Gasteiger partial charge in [0.1, 0.15) is 18.8 Å². The van der Waals surface area contributed by atoms with E-state index in [2.05, 4.69) is 20.8 Å². The average Bonchev–Trinajstić information content (AvgIpc) is 3.42. The van der Waals surface area contributed by atoms with Crippen LogP contribution in [0, 0.1) is 0 Å². The van der Waals surface area contributed by atoms with Crippen LogP contribution in [0.4, 0.5) is 0 Å². The zero-order chi connectivity index (χ0) is 56.1. The lowest BCUT2D eigenvalue weighted by Crippen LogP contribution is -2.61. The molecule has 0 aromatic carbocycles. The minimum atomic E-state index is -1.89. The fraction of sp³-hybridized carbons (Fsp3) is 0.938. The first-order chi connectivity index (χ1) is 37.6. The summed E-state index contributed by atoms with van der Waals surface area (Å²) < 4.78 is 28.6. The van der Waals surface area contributed by atoms with Gasteiger partial charge in [0.15, 0.2) is 24.6 Å². The number of unbranched alkanes of at least 4 members (excludes halogenated alkanes) is 44. The molecular weight excluding hydrogens is 973 g/mol. The summed E-state index contributed by atoms with van der Waals surface area (Å²) in [6.07, 6.45) is 47.8. The maximum Gasteiger partial charge on any atom is 0.335 e. The van der Waals surface area contributed by atoms with Crippen LogP contribution in [0.5, 0.6) is 0 Å². The summed E-state index contributed by atoms with van der Waals surface area (Å²) in [7, 11) is 0. The van der Waals surface area contributed by atoms with Crippen molar-refractivity contribution in [3.05, 3.63) is 0 Å². The molecule has 6 atom stereocenters. The fourth-order valence-corrected chi connectivity index (χ4v) is 10.6. The second-order valence-corrected chi connectivity index (χ2v) is 23.1. The quantitative estimate of drug-likeness (QED) is 0.0299. The normalized spacial score (nSPS) is 17.9. The van der Waals surface area contributed by atoms with Gasteiger partial charge < -0.3 is 39.0 Å². The minimum absolute atomic E-state index is 0.0713. The molecule has 0 aromatic rings. The van der Waals surface area contributed by atoms with Crippen molar-refractivity contribution in [1.82, 2.24) is 0 Å². The van der Waals surface area contributed by atoms with Gasteiger partial charge in [-0.3, -0.25) is 14.4 Å². The molecule has 1 saturated heterocycles. The Kier molecular flexibility index (Phi) is 51.3. The molecule has 0 aromatic heterocycles. The lowest BCUT2D eigenvalue weighted by atomic mass is 9.98. The summed E-state index contributed by atoms with van der Waals surface area (Å²) in [5, 5.41) is 31.6. The van der Waals surface area contributed by atoms with Crippen LogP contribution in [0.25, 0.3) is 0 Å². The second kappa shape index (κ2) is 54.3. The predicted octanol–water partition coefficient (Wildman–Crippen LogP) is 17.5. The first-order valence-electron chi connectivity index (χ1n) is 33.0. The van der Waals surface area contributed by atoms with Gasteiger partial charge in [-0.2, -0.15) is 0 Å². The highest BCUT2D eigenvalue weighted by Gasteiger charge is 2.50. The SMILES string of the molecule is CCCCCCCCCCCCCCCCCCCC(=O)OCC(COC1OC(C(=O)O)C(O)C(O)C1OC(=O)CCCCCCCCCCCCCCCCCCC)OC(=O)CCCCCCCCCCCCCCC. The van der Waals surface area contributed by atoms with Crippen LogP contribution in [0.1, 0.15) is 342 Å². The van der Waals surface area contributed by atoms with Crippen molar-refractivity contribution in [2.24, 2.45) is 0 Å². The van der Waals surface area contributed by atoms with Gasteiger partial charge in [0, 0.05) is 19.3 Å². The molecule has 12 heteroatoms. The van der Waals surface area contributed by atoms with Gasteiger partial charge in [0.05, 0.1) is 6.61 Å². The fourth-order valence-electron chi connectivity index (χ4n) is 10.6. The molecule has 454 valence electrons. The Morgan fingerprint density at radius 2 is 0.662 bits per heavy atom. The monoisotopic (exact) mass is 1090 g/mol. The lowest BCUT2D eigenvalue weighted by Gasteiger charge is -2.40. The van der Waals surface area contributed by atoms with Crippen molar-refractivity contribution in [2.45, 2.75) is 379 Å². The molecule has 3 N–H and O–H groups in total. The number of carbonyl (C=O) groups excluding carboxylic acids is 3. The molecule has 1 aliphatic rings. The minimum Gasteiger partial charge on any atom is -0.479 e. The summed E-state index contributed by atoms with van der Waals surface area (Å²) in [6, 6.07) is 0. The Balaban J connectivity index is 2.61. The van der Waals surface area contributed by atoms with Gasteiger partial charge in [-0.1, -0.05) is 303 Å². The molecule has 1 rings (SSSR count). The maximum absolute atomic E-state index is 13.2. The van der Waals surface area contributed by atoms with E-state index in [0.717, 1.165) is 57.8 Å². The number of carboxylic acids is 1. The molecule has 0 saturated carbocycles. The third-order valence-corrected chi connectivity index (χ3v) is 15.7. The number of rotatable bonds is 58. The van der Waals surface area contributed by atoms with E-state index in [0.29, 0.717) is 19.3 Å². The van der Waals surface area contributed by atoms with E-state index in [1.54, 1.807) is 0 Å². The summed E-state index contributed by atoms with van der Waals surface area (Å²) >= 11 is 0. The second-order valence-electron chi connectivity index (χ2n) is 23.1. The number of carbonyl (C=O) groups is 4. The molecule has 1 heterocycles. The number of aliphatic carboxylic acids is 1. The van der Waals surface area contributed by atoms with E-state index in [1.165, 1.54) is 225 Å². The van der Waals surface area contributed by atoms with Crippen LogP contribution in [-0.2, 0) is 42.9 Å². The molecule has 0 amide bonds. The van der Waals surface area contributed by atoms with Crippen molar-refractivity contribution < 1.29 is 58.2 Å². The van der Waals surface area contributed by atoms with E-state index in [-0.39, 0.29) is 25.9 Å². The van der Waals surface area contributed by atoms with E-state index in [4.69, 9.17) is 23.7 Å². The van der Waals surface area contributed by atoms with Gasteiger partial charge in [-0.25, -0.2) is 4.79 Å². The van der Waals surface area contributed by atoms with Gasteiger partial charge in [0.25, 0.3) is 0 Å². The van der Waals surface area contributed by atoms with Crippen LogP contribution in [-0.4, -0.2) is 89.2 Å². The number of carboxylic acid groups (broad SMARTS) is 1. The standard InChI is InChI=1S/C65H122O12/c1-4-7-10-13-16-19-22-25-27-29-31-34-36-39-42-45-48-51-57(66)73-54-56(75-58(67)52-49-46-43-40-37-33-24-21-18-15-12-9-6-3)55-74-65-63(61(70)60(69)62(77-65)64(71)72)76-59(68)53-50-47-44-41-38-35-32-30-28-26-23-20-17-14-11-8-5-2/h56,60-63,65,69-70H,4-55H2,1-3H3,(H,71,72). The van der Waals surface area contributed by atoms with Gasteiger partial charge in [0.2, 0.25) is 0 Å². The summed E-state index contributed by atoms with van der Waals surface area (Å²) in [4.78, 5) is 51.3. The molecular formula is C65H122O12. The molecule has 0 bridgehead atoms. The van der Waals surface area contributed by atoms with E-state index in [1.807, 2.05) is 0 Å². The summed E-state index contributed by atoms with van der Waals surface area (Å²) in [5.41, 5.74) is 0. The van der Waals surface area contributed by atoms with Crippen molar-refractivity contribution in [3.63, 3.8) is 0 Å². The Bertz CT molecular complexity index is 1340. The van der Waals surface area contributed by atoms with Crippen LogP contribution in [0.2, 0.25) is 0 Å². The van der Waals surface area contributed by atoms with E-state index in [9.17, 15) is 34.5 Å². The average molecular weight is 1100 g/mol. The molecule has 6 unspecified atom stereocenters. The predicted molar refractivity (Wildman–Crippen MR) is 313 cm³/mol. The van der Waals surface area contributed by atoms with Crippen molar-refractivity contribution in [1.29, 1.82) is 0 Å². The van der Waals surface area contributed by atoms with Crippen LogP contribution in [0.15, 0.2) is 0 Å². The molecule has 0 aliphatic carbocycles. The number of aliphatic hydroxyl groups excluding tert-OH is 2. The first-order valence-corrected chi connectivity index (χ1v) is 33.0. The van der Waals surface area contributed by atoms with Crippen molar-refractivity contribution in [2.75, 3.05) is 13.2 Å². The Morgan fingerprint density at radius 1 is 0.377 bits per heavy atom. The zero-order valence-electron chi connectivity index (χ0n) is 50.2. The highest BCUT2D eigenvalue weighted by molar-refractivity contribution is 5.74. The molecule has 77 heavy (non-hydrogen) atoms.